The van der Waals surface area contributed by atoms with Gasteiger partial charge < -0.3 is 19.5 Å². The van der Waals surface area contributed by atoms with E-state index in [9.17, 15) is 4.79 Å². The van der Waals surface area contributed by atoms with Crippen molar-refractivity contribution in [2.75, 3.05) is 20.8 Å². The summed E-state index contributed by atoms with van der Waals surface area (Å²) >= 11 is 0. The molecular weight excluding hydrogens is 270 g/mol. The summed E-state index contributed by atoms with van der Waals surface area (Å²) in [5, 5.41) is 2.97. The fraction of sp³-hybridized carbons (Fsp3) is 0.562. The molecule has 1 aromatic rings. The lowest BCUT2D eigenvalue weighted by molar-refractivity contribution is -0.133. The van der Waals surface area contributed by atoms with Crippen LogP contribution < -0.4 is 14.8 Å². The summed E-state index contributed by atoms with van der Waals surface area (Å²) in [7, 11) is 3.20. The summed E-state index contributed by atoms with van der Waals surface area (Å²) in [6, 6.07) is 5.63. The van der Waals surface area contributed by atoms with Crippen LogP contribution in [0.1, 0.15) is 25.3 Å². The van der Waals surface area contributed by atoms with Gasteiger partial charge in [-0.2, -0.15) is 0 Å². The molecule has 1 saturated heterocycles. The predicted molar refractivity (Wildman–Crippen MR) is 79.5 cm³/mol. The van der Waals surface area contributed by atoms with Gasteiger partial charge in [0, 0.05) is 13.2 Å². The highest BCUT2D eigenvalue weighted by molar-refractivity contribution is 5.79. The molecule has 1 aliphatic rings. The molecule has 0 aromatic heterocycles. The molecule has 0 aliphatic carbocycles. The van der Waals surface area contributed by atoms with Crippen LogP contribution in [0.5, 0.6) is 11.5 Å². The van der Waals surface area contributed by atoms with Crippen molar-refractivity contribution in [2.24, 2.45) is 5.92 Å². The van der Waals surface area contributed by atoms with Crippen LogP contribution >= 0.6 is 0 Å². The molecule has 2 atom stereocenters. The lowest BCUT2D eigenvalue weighted by atomic mass is 9.94. The number of rotatable bonds is 5. The van der Waals surface area contributed by atoms with Crippen LogP contribution in [0.25, 0.3) is 0 Å². The van der Waals surface area contributed by atoms with E-state index in [1.165, 1.54) is 0 Å². The van der Waals surface area contributed by atoms with Gasteiger partial charge in [-0.25, -0.2) is 0 Å². The quantitative estimate of drug-likeness (QED) is 0.903. The van der Waals surface area contributed by atoms with Crippen molar-refractivity contribution in [3.63, 3.8) is 0 Å². The van der Waals surface area contributed by atoms with Crippen molar-refractivity contribution in [3.8, 4) is 11.5 Å². The molecule has 0 bridgehead atoms. The van der Waals surface area contributed by atoms with Gasteiger partial charge in [0.15, 0.2) is 11.5 Å². The van der Waals surface area contributed by atoms with Crippen LogP contribution in [0.3, 0.4) is 0 Å². The summed E-state index contributed by atoms with van der Waals surface area (Å²) in [5.74, 6) is 1.34. The molecular formula is C16H23NO4. The summed E-state index contributed by atoms with van der Waals surface area (Å²) in [6.07, 6.45) is 1.82. The fourth-order valence-electron chi connectivity index (χ4n) is 2.58. The topological polar surface area (TPSA) is 56.8 Å². The fourth-order valence-corrected chi connectivity index (χ4v) is 2.58. The van der Waals surface area contributed by atoms with Crippen LogP contribution in [0.2, 0.25) is 0 Å². The maximum absolute atomic E-state index is 12.2. The first-order chi connectivity index (χ1) is 10.2. The first kappa shape index (κ1) is 15.6. The summed E-state index contributed by atoms with van der Waals surface area (Å²) < 4.78 is 16.0. The third-order valence-electron chi connectivity index (χ3n) is 3.86. The molecule has 2 rings (SSSR count). The first-order valence-corrected chi connectivity index (χ1v) is 7.26. The molecule has 5 heteroatoms. The molecule has 0 spiro atoms. The van der Waals surface area contributed by atoms with E-state index in [4.69, 9.17) is 14.2 Å². The molecule has 1 amide bonds. The lowest BCUT2D eigenvalue weighted by Gasteiger charge is -2.28. The second-order valence-electron chi connectivity index (χ2n) is 5.23. The van der Waals surface area contributed by atoms with Gasteiger partial charge in [-0.15, -0.1) is 0 Å². The Hall–Kier alpha value is -1.75. The van der Waals surface area contributed by atoms with Crippen LogP contribution in [0.4, 0.5) is 0 Å². The Balaban J connectivity index is 1.94. The lowest BCUT2D eigenvalue weighted by Crippen LogP contribution is -2.39. The van der Waals surface area contributed by atoms with Gasteiger partial charge in [-0.05, 0) is 37.5 Å². The van der Waals surface area contributed by atoms with Crippen molar-refractivity contribution in [1.82, 2.24) is 5.32 Å². The number of hydrogen-bond acceptors (Lipinski definition) is 4. The average Bonchev–Trinajstić information content (AvgIpc) is 2.52. The second kappa shape index (κ2) is 7.31. The molecule has 1 heterocycles. The van der Waals surface area contributed by atoms with E-state index in [-0.39, 0.29) is 17.9 Å². The van der Waals surface area contributed by atoms with Crippen LogP contribution in [-0.4, -0.2) is 32.8 Å². The smallest absolute Gasteiger partial charge is 0.225 e. The standard InChI is InChI=1S/C16H23NO4/c1-11-13(5-4-8-21-11)16(18)17-10-12-6-7-14(19-2)15(9-12)20-3/h6-7,9,11,13H,4-5,8,10H2,1-3H3,(H,17,18)/t11-,13+/m0/s1. The Morgan fingerprint density at radius 2 is 2.10 bits per heavy atom. The normalized spacial score (nSPS) is 21.7. The molecule has 0 saturated carbocycles. The zero-order valence-electron chi connectivity index (χ0n) is 12.8. The second-order valence-corrected chi connectivity index (χ2v) is 5.23. The summed E-state index contributed by atoms with van der Waals surface area (Å²) in [4.78, 5) is 12.2. The molecule has 21 heavy (non-hydrogen) atoms. The predicted octanol–water partition coefficient (Wildman–Crippen LogP) is 2.14. The number of methoxy groups -OCH3 is 2. The highest BCUT2D eigenvalue weighted by Gasteiger charge is 2.28. The van der Waals surface area contributed by atoms with Gasteiger partial charge in [-0.3, -0.25) is 4.79 Å². The van der Waals surface area contributed by atoms with Crippen molar-refractivity contribution in [1.29, 1.82) is 0 Å². The van der Waals surface area contributed by atoms with Gasteiger partial charge in [0.25, 0.3) is 0 Å². The third kappa shape index (κ3) is 3.88. The van der Waals surface area contributed by atoms with Crippen molar-refractivity contribution < 1.29 is 19.0 Å². The average molecular weight is 293 g/mol. The van der Waals surface area contributed by atoms with Gasteiger partial charge >= 0.3 is 0 Å². The SMILES string of the molecule is COc1ccc(CNC(=O)[C@@H]2CCCO[C@H]2C)cc1OC. The number of carbonyl (C=O) groups is 1. The summed E-state index contributed by atoms with van der Waals surface area (Å²) in [5.41, 5.74) is 0.977. The Kier molecular flexibility index (Phi) is 5.44. The molecule has 1 fully saturated rings. The zero-order valence-corrected chi connectivity index (χ0v) is 12.8. The van der Waals surface area contributed by atoms with Gasteiger partial charge in [-0.1, -0.05) is 6.07 Å². The third-order valence-corrected chi connectivity index (χ3v) is 3.86. The number of amides is 1. The van der Waals surface area contributed by atoms with Gasteiger partial charge in [0.05, 0.1) is 26.2 Å². The largest absolute Gasteiger partial charge is 0.493 e. The van der Waals surface area contributed by atoms with Crippen LogP contribution in [-0.2, 0) is 16.1 Å². The number of hydrogen-bond donors (Lipinski definition) is 1. The van der Waals surface area contributed by atoms with E-state index in [1.807, 2.05) is 25.1 Å². The minimum Gasteiger partial charge on any atom is -0.493 e. The minimum absolute atomic E-state index is 0.0100. The van der Waals surface area contributed by atoms with E-state index >= 15 is 0 Å². The Labute approximate surface area is 125 Å². The zero-order chi connectivity index (χ0) is 15.2. The van der Waals surface area contributed by atoms with E-state index in [0.29, 0.717) is 18.0 Å². The van der Waals surface area contributed by atoms with Crippen LogP contribution in [0, 0.1) is 5.92 Å². The number of nitrogens with one attached hydrogen (secondary N) is 1. The molecule has 116 valence electrons. The first-order valence-electron chi connectivity index (χ1n) is 7.26. The molecule has 1 N–H and O–H groups in total. The summed E-state index contributed by atoms with van der Waals surface area (Å²) in [6.45, 7) is 3.18. The van der Waals surface area contributed by atoms with Crippen molar-refractivity contribution in [2.45, 2.75) is 32.4 Å². The maximum atomic E-state index is 12.2. The molecule has 0 unspecified atom stereocenters. The Bertz CT molecular complexity index is 489. The van der Waals surface area contributed by atoms with Crippen molar-refractivity contribution >= 4 is 5.91 Å². The highest BCUT2D eigenvalue weighted by Crippen LogP contribution is 2.27. The Morgan fingerprint density at radius 3 is 2.76 bits per heavy atom. The molecule has 1 aromatic carbocycles. The maximum Gasteiger partial charge on any atom is 0.225 e. The van der Waals surface area contributed by atoms with E-state index in [2.05, 4.69) is 5.32 Å². The number of benzene rings is 1. The molecule has 5 nitrogen and oxygen atoms in total. The highest BCUT2D eigenvalue weighted by atomic mass is 16.5. The van der Waals surface area contributed by atoms with Crippen LogP contribution in [0.15, 0.2) is 18.2 Å². The number of carbonyl (C=O) groups excluding carboxylic acids is 1. The van der Waals surface area contributed by atoms with E-state index < -0.39 is 0 Å². The van der Waals surface area contributed by atoms with Gasteiger partial charge in [0.1, 0.15) is 0 Å². The van der Waals surface area contributed by atoms with Gasteiger partial charge in [0.2, 0.25) is 5.91 Å². The molecule has 1 aliphatic heterocycles. The molecule has 0 radical (unpaired) electrons. The van der Waals surface area contributed by atoms with E-state index in [0.717, 1.165) is 25.0 Å². The van der Waals surface area contributed by atoms with Crippen molar-refractivity contribution in [3.05, 3.63) is 23.8 Å². The van der Waals surface area contributed by atoms with E-state index in [1.54, 1.807) is 14.2 Å². The monoisotopic (exact) mass is 293 g/mol. The number of ether oxygens (including phenoxy) is 3. The minimum atomic E-state index is -0.0566. The Morgan fingerprint density at radius 1 is 1.33 bits per heavy atom.